The minimum absolute atomic E-state index is 0.276. The molecule has 0 aliphatic rings. The Bertz CT molecular complexity index is 211. The van der Waals surface area contributed by atoms with Crippen LogP contribution in [0.15, 0.2) is 11.9 Å². The predicted molar refractivity (Wildman–Crippen MR) is 76.3 cm³/mol. The minimum atomic E-state index is -0.623. The van der Waals surface area contributed by atoms with Crippen molar-refractivity contribution in [3.63, 3.8) is 0 Å². The van der Waals surface area contributed by atoms with Crippen LogP contribution in [0.3, 0.4) is 0 Å². The maximum atomic E-state index is 12.4. The fourth-order valence-corrected chi connectivity index (χ4v) is 2.10. The molecule has 0 fully saturated rings. The van der Waals surface area contributed by atoms with Crippen molar-refractivity contribution >= 4 is 6.29 Å². The van der Waals surface area contributed by atoms with Gasteiger partial charge in [0, 0.05) is 0 Å². The molecule has 0 saturated heterocycles. The lowest BCUT2D eigenvalue weighted by atomic mass is 10.1. The van der Waals surface area contributed by atoms with Gasteiger partial charge in [0.05, 0.1) is 0 Å². The van der Waals surface area contributed by atoms with E-state index in [1.165, 1.54) is 63.9 Å². The van der Waals surface area contributed by atoms with Gasteiger partial charge < -0.3 is 0 Å². The van der Waals surface area contributed by atoms with Crippen LogP contribution in [0.4, 0.5) is 4.39 Å². The Balaban J connectivity index is 3.05. The van der Waals surface area contributed by atoms with Crippen LogP contribution in [0.2, 0.25) is 0 Å². The van der Waals surface area contributed by atoms with Gasteiger partial charge in [0.25, 0.3) is 0 Å². The summed E-state index contributed by atoms with van der Waals surface area (Å²) in [6, 6.07) is 0. The third-order valence-electron chi connectivity index (χ3n) is 3.26. The number of hydrogen-bond acceptors (Lipinski definition) is 1. The highest BCUT2D eigenvalue weighted by Crippen LogP contribution is 2.12. The van der Waals surface area contributed by atoms with Crippen molar-refractivity contribution in [2.75, 3.05) is 0 Å². The van der Waals surface area contributed by atoms with Gasteiger partial charge in [-0.15, -0.1) is 0 Å². The summed E-state index contributed by atoms with van der Waals surface area (Å²) in [6.07, 6.45) is 16.6. The van der Waals surface area contributed by atoms with Crippen LogP contribution in [-0.4, -0.2) is 6.29 Å². The first-order valence-corrected chi connectivity index (χ1v) is 7.62. The van der Waals surface area contributed by atoms with E-state index in [1.807, 2.05) is 0 Å². The van der Waals surface area contributed by atoms with Gasteiger partial charge in [0.2, 0.25) is 0 Å². The van der Waals surface area contributed by atoms with Crippen molar-refractivity contribution in [3.05, 3.63) is 11.9 Å². The number of allylic oxidation sites excluding steroid dienone is 2. The summed E-state index contributed by atoms with van der Waals surface area (Å²) in [4.78, 5) is 9.99. The first-order chi connectivity index (χ1) is 8.81. The lowest BCUT2D eigenvalue weighted by Crippen LogP contribution is -1.82. The van der Waals surface area contributed by atoms with Crippen LogP contribution in [-0.2, 0) is 4.79 Å². The molecule has 0 unspecified atom stereocenters. The lowest BCUT2D eigenvalue weighted by Gasteiger charge is -2.01. The number of hydrogen-bond donors (Lipinski definition) is 0. The zero-order chi connectivity index (χ0) is 13.5. The molecule has 0 aromatic heterocycles. The third kappa shape index (κ3) is 13.4. The molecule has 0 amide bonds. The highest BCUT2D eigenvalue weighted by Gasteiger charge is 1.93. The number of aldehydes is 1. The lowest BCUT2D eigenvalue weighted by molar-refractivity contribution is -0.106. The van der Waals surface area contributed by atoms with Crippen molar-refractivity contribution in [2.24, 2.45) is 0 Å². The van der Waals surface area contributed by atoms with Gasteiger partial charge in [0.1, 0.15) is 0 Å². The monoisotopic (exact) mass is 256 g/mol. The molecule has 2 heteroatoms. The van der Waals surface area contributed by atoms with Crippen molar-refractivity contribution in [3.8, 4) is 0 Å². The second-order valence-electron chi connectivity index (χ2n) is 5.03. The van der Waals surface area contributed by atoms with Crippen molar-refractivity contribution in [1.82, 2.24) is 0 Å². The van der Waals surface area contributed by atoms with E-state index < -0.39 is 5.83 Å². The van der Waals surface area contributed by atoms with Gasteiger partial charge in [0.15, 0.2) is 12.1 Å². The van der Waals surface area contributed by atoms with Gasteiger partial charge in [-0.2, -0.15) is 0 Å². The van der Waals surface area contributed by atoms with E-state index in [4.69, 9.17) is 0 Å². The summed E-state index contributed by atoms with van der Waals surface area (Å²) < 4.78 is 12.4. The molecule has 0 spiro atoms. The summed E-state index contributed by atoms with van der Waals surface area (Å²) >= 11 is 0. The Labute approximate surface area is 112 Å². The van der Waals surface area contributed by atoms with E-state index in [2.05, 4.69) is 6.92 Å². The average molecular weight is 256 g/mol. The third-order valence-corrected chi connectivity index (χ3v) is 3.26. The van der Waals surface area contributed by atoms with E-state index in [0.717, 1.165) is 12.8 Å². The number of carbonyl (C=O) groups excluding carboxylic acids is 1. The normalized spacial score (nSPS) is 11.8. The molecule has 0 saturated carbocycles. The average Bonchev–Trinajstić information content (AvgIpc) is 2.39. The van der Waals surface area contributed by atoms with E-state index in [1.54, 1.807) is 0 Å². The fraction of sp³-hybridized carbons (Fsp3) is 0.812. The van der Waals surface area contributed by atoms with Gasteiger partial charge in [-0.3, -0.25) is 4.79 Å². The molecule has 0 atom stereocenters. The molecule has 106 valence electrons. The molecule has 0 aromatic carbocycles. The van der Waals surface area contributed by atoms with Gasteiger partial charge in [-0.1, -0.05) is 71.1 Å². The topological polar surface area (TPSA) is 17.1 Å². The van der Waals surface area contributed by atoms with Crippen LogP contribution in [0.1, 0.15) is 84.0 Å². The molecule has 0 bridgehead atoms. The smallest absolute Gasteiger partial charge is 0.178 e. The molecule has 18 heavy (non-hydrogen) atoms. The van der Waals surface area contributed by atoms with Crippen LogP contribution in [0.25, 0.3) is 0 Å². The number of rotatable bonds is 13. The maximum absolute atomic E-state index is 12.4. The highest BCUT2D eigenvalue weighted by atomic mass is 19.1. The van der Waals surface area contributed by atoms with E-state index in [9.17, 15) is 9.18 Å². The Morgan fingerprint density at radius 3 is 1.72 bits per heavy atom. The molecule has 0 aliphatic heterocycles. The largest absolute Gasteiger partial charge is 0.295 e. The van der Waals surface area contributed by atoms with Crippen LogP contribution in [0.5, 0.6) is 0 Å². The van der Waals surface area contributed by atoms with E-state index in [-0.39, 0.29) is 6.29 Å². The molecular formula is C16H29FO. The minimum Gasteiger partial charge on any atom is -0.295 e. The summed E-state index contributed by atoms with van der Waals surface area (Å²) in [5, 5.41) is 0. The van der Waals surface area contributed by atoms with Crippen molar-refractivity contribution in [2.45, 2.75) is 84.0 Å². The van der Waals surface area contributed by atoms with Gasteiger partial charge in [-0.05, 0) is 18.9 Å². The summed E-state index contributed by atoms with van der Waals surface area (Å²) in [5.74, 6) is -0.623. The van der Waals surface area contributed by atoms with Gasteiger partial charge in [-0.25, -0.2) is 4.39 Å². The standard InChI is InChI=1S/C16H29FO/c1-2-3-4-5-6-7-8-9-10-11-12-13-14-16(17)15-18/h14-15H,2-13H2,1H3/b16-14+. The zero-order valence-corrected chi connectivity index (χ0v) is 11.9. The maximum Gasteiger partial charge on any atom is 0.178 e. The molecular weight excluding hydrogens is 227 g/mol. The molecule has 0 radical (unpaired) electrons. The van der Waals surface area contributed by atoms with Crippen molar-refractivity contribution < 1.29 is 9.18 Å². The second-order valence-corrected chi connectivity index (χ2v) is 5.03. The van der Waals surface area contributed by atoms with Crippen LogP contribution >= 0.6 is 0 Å². The SMILES string of the molecule is CCCCCCCCCCCCC/C=C(/F)C=O. The number of carbonyl (C=O) groups is 1. The molecule has 0 N–H and O–H groups in total. The Morgan fingerprint density at radius 1 is 0.833 bits per heavy atom. The predicted octanol–water partition coefficient (Wildman–Crippen LogP) is 5.74. The fourth-order valence-electron chi connectivity index (χ4n) is 2.10. The zero-order valence-electron chi connectivity index (χ0n) is 11.9. The van der Waals surface area contributed by atoms with Crippen LogP contribution < -0.4 is 0 Å². The molecule has 0 heterocycles. The summed E-state index contributed by atoms with van der Waals surface area (Å²) in [7, 11) is 0. The number of halogens is 1. The van der Waals surface area contributed by atoms with Gasteiger partial charge >= 0.3 is 0 Å². The Kier molecular flexibility index (Phi) is 13.9. The van der Waals surface area contributed by atoms with Crippen molar-refractivity contribution in [1.29, 1.82) is 0 Å². The Hall–Kier alpha value is -0.660. The summed E-state index contributed by atoms with van der Waals surface area (Å²) in [6.45, 7) is 2.25. The van der Waals surface area contributed by atoms with E-state index >= 15 is 0 Å². The molecule has 0 rings (SSSR count). The molecule has 0 aliphatic carbocycles. The number of unbranched alkanes of at least 4 members (excludes halogenated alkanes) is 11. The molecule has 1 nitrogen and oxygen atoms in total. The van der Waals surface area contributed by atoms with E-state index in [0.29, 0.717) is 6.42 Å². The first-order valence-electron chi connectivity index (χ1n) is 7.62. The summed E-state index contributed by atoms with van der Waals surface area (Å²) in [5.41, 5.74) is 0. The van der Waals surface area contributed by atoms with Crippen LogP contribution in [0, 0.1) is 0 Å². The highest BCUT2D eigenvalue weighted by molar-refractivity contribution is 5.69. The first kappa shape index (κ1) is 17.3. The molecule has 0 aromatic rings. The Morgan fingerprint density at radius 2 is 1.28 bits per heavy atom. The quantitative estimate of drug-likeness (QED) is 0.233. The second kappa shape index (κ2) is 14.4.